The zero-order chi connectivity index (χ0) is 31.2. The molecular weight excluding hydrogens is 580 g/mol. The Morgan fingerprint density at radius 2 is 1.07 bits per heavy atom. The van der Waals surface area contributed by atoms with Crippen molar-refractivity contribution in [1.82, 2.24) is 9.97 Å². The van der Waals surface area contributed by atoms with E-state index in [0.717, 1.165) is 0 Å². The van der Waals surface area contributed by atoms with Crippen molar-refractivity contribution in [2.45, 2.75) is 88.5 Å². The first-order chi connectivity index (χ1) is 21.0. The van der Waals surface area contributed by atoms with Gasteiger partial charge in [-0.1, -0.05) is 0 Å². The summed E-state index contributed by atoms with van der Waals surface area (Å²) in [6.45, 7) is 6.93. The highest BCUT2D eigenvalue weighted by Gasteiger charge is 2.57. The van der Waals surface area contributed by atoms with E-state index in [1.807, 2.05) is 0 Å². The average molecular weight is 617 g/mol. The summed E-state index contributed by atoms with van der Waals surface area (Å²) in [5.41, 5.74) is 0.506. The number of aromatic nitrogens is 2. The van der Waals surface area contributed by atoms with E-state index >= 15 is 0 Å². The zero-order valence-electron chi connectivity index (χ0n) is 25.3. The van der Waals surface area contributed by atoms with Crippen LogP contribution in [0.15, 0.2) is 36.7 Å². The first-order valence-corrected chi connectivity index (χ1v) is 14.3. The molecule has 14 heteroatoms. The topological polar surface area (TPSA) is 152 Å². The van der Waals surface area contributed by atoms with Gasteiger partial charge in [-0.2, -0.15) is 0 Å². The van der Waals surface area contributed by atoms with E-state index in [0.29, 0.717) is 0 Å². The second-order valence-corrected chi connectivity index (χ2v) is 11.7. The van der Waals surface area contributed by atoms with E-state index in [9.17, 15) is 9.59 Å². The average Bonchev–Trinajstić information content (AvgIpc) is 3.70. The van der Waals surface area contributed by atoms with Gasteiger partial charge in [-0.15, -0.1) is 0 Å². The van der Waals surface area contributed by atoms with Crippen molar-refractivity contribution in [2.75, 3.05) is 27.4 Å². The molecule has 0 radical (unpaired) electrons. The summed E-state index contributed by atoms with van der Waals surface area (Å²) in [4.78, 5) is 35.4. The highest BCUT2D eigenvalue weighted by molar-refractivity contribution is 6.01. The molecule has 2 aromatic rings. The van der Waals surface area contributed by atoms with Gasteiger partial charge >= 0.3 is 11.9 Å². The SMILES string of the molecule is CO[C@@H]1O[C@H](COC(=O)c2cccnc2-c2ncccc2C(=O)OC[C@H]2O[C@@H](OC)[C@@H]3OC(C)(C)O[C@@H]32)[C@H]2OC(C)(C)O[C@@H]12. The minimum Gasteiger partial charge on any atom is -0.459 e. The van der Waals surface area contributed by atoms with E-state index < -0.39 is 72.7 Å². The molecule has 0 saturated carbocycles. The van der Waals surface area contributed by atoms with Crippen molar-refractivity contribution in [1.29, 1.82) is 0 Å². The van der Waals surface area contributed by atoms with Gasteiger partial charge in [-0.05, 0) is 52.0 Å². The lowest BCUT2D eigenvalue weighted by Crippen LogP contribution is -2.34. The molecule has 0 bridgehead atoms. The molecule has 4 aliphatic rings. The number of hydrogen-bond acceptors (Lipinski definition) is 14. The summed E-state index contributed by atoms with van der Waals surface area (Å²) in [5.74, 6) is -3.03. The molecule has 0 N–H and O–H groups in total. The molecule has 44 heavy (non-hydrogen) atoms. The smallest absolute Gasteiger partial charge is 0.340 e. The molecule has 4 saturated heterocycles. The Kier molecular flexibility index (Phi) is 8.45. The van der Waals surface area contributed by atoms with Gasteiger partial charge in [0.1, 0.15) is 61.2 Å². The summed E-state index contributed by atoms with van der Waals surface area (Å²) in [6, 6.07) is 6.26. The van der Waals surface area contributed by atoms with Crippen LogP contribution in [0.25, 0.3) is 11.4 Å². The molecule has 6 rings (SSSR count). The van der Waals surface area contributed by atoms with Crippen LogP contribution in [0, 0.1) is 0 Å². The number of fused-ring (bicyclic) bond motifs is 2. The number of hydrogen-bond donors (Lipinski definition) is 0. The van der Waals surface area contributed by atoms with Crippen molar-refractivity contribution in [3.05, 3.63) is 47.8 Å². The Bertz CT molecular complexity index is 1280. The molecule has 4 fully saturated rings. The number of esters is 2. The van der Waals surface area contributed by atoms with Crippen molar-refractivity contribution < 1.29 is 57.0 Å². The molecule has 0 aliphatic carbocycles. The Balaban J connectivity index is 1.15. The lowest BCUT2D eigenvalue weighted by Gasteiger charge is -2.23. The predicted octanol–water partition coefficient (Wildman–Crippen LogP) is 2.24. The number of carbonyl (C=O) groups is 2. The Hall–Kier alpha value is -3.08. The van der Waals surface area contributed by atoms with Gasteiger partial charge < -0.3 is 47.4 Å². The maximum atomic E-state index is 13.3. The molecule has 4 aliphatic heterocycles. The summed E-state index contributed by atoms with van der Waals surface area (Å²) < 4.78 is 57.6. The van der Waals surface area contributed by atoms with E-state index in [-0.39, 0.29) is 35.7 Å². The first kappa shape index (κ1) is 30.9. The van der Waals surface area contributed by atoms with Gasteiger partial charge in [0.2, 0.25) is 0 Å². The molecule has 14 nitrogen and oxygen atoms in total. The zero-order valence-corrected chi connectivity index (χ0v) is 25.3. The fraction of sp³-hybridized carbons (Fsp3) is 0.600. The summed E-state index contributed by atoms with van der Waals surface area (Å²) in [6.07, 6.45) is -1.49. The standard InChI is InChI=1S/C30H36N2O12/c1-29(2)41-21-17(39-27(35-5)23(21)43-29)13-37-25(33)15-9-7-11-31-19(15)20-16(10-8-12-32-20)26(34)38-14-18-22-24(28(36-6)40-18)44-30(3,4)42-22/h7-12,17-18,21-24,27-28H,13-14H2,1-6H3/t17-,18-,21-,22-,23-,24-,27-,28-/m1/s1. The van der Waals surface area contributed by atoms with Crippen LogP contribution in [0.3, 0.4) is 0 Å². The van der Waals surface area contributed by atoms with Gasteiger partial charge in [-0.3, -0.25) is 9.97 Å². The lowest BCUT2D eigenvalue weighted by molar-refractivity contribution is -0.230. The molecule has 6 heterocycles. The third kappa shape index (κ3) is 5.96. The number of methoxy groups -OCH3 is 2. The number of pyridine rings is 2. The van der Waals surface area contributed by atoms with Crippen LogP contribution in [0.2, 0.25) is 0 Å². The van der Waals surface area contributed by atoms with Gasteiger partial charge in [0, 0.05) is 26.6 Å². The first-order valence-electron chi connectivity index (χ1n) is 14.3. The van der Waals surface area contributed by atoms with Crippen LogP contribution in [0.1, 0.15) is 48.4 Å². The molecule has 2 aromatic heterocycles. The Morgan fingerprint density at radius 1 is 0.682 bits per heavy atom. The minimum absolute atomic E-state index is 0.102. The van der Waals surface area contributed by atoms with Gasteiger partial charge in [0.05, 0.1) is 11.1 Å². The highest BCUT2D eigenvalue weighted by Crippen LogP contribution is 2.40. The predicted molar refractivity (Wildman–Crippen MR) is 147 cm³/mol. The number of rotatable bonds is 9. The summed E-state index contributed by atoms with van der Waals surface area (Å²) >= 11 is 0. The fourth-order valence-corrected chi connectivity index (χ4v) is 5.92. The molecule has 0 amide bonds. The van der Waals surface area contributed by atoms with E-state index in [1.165, 1.54) is 26.6 Å². The largest absolute Gasteiger partial charge is 0.459 e. The highest BCUT2D eigenvalue weighted by atomic mass is 16.8. The van der Waals surface area contributed by atoms with Crippen LogP contribution < -0.4 is 0 Å². The van der Waals surface area contributed by atoms with Crippen LogP contribution >= 0.6 is 0 Å². The third-order valence-electron chi connectivity index (χ3n) is 7.72. The maximum Gasteiger partial charge on any atom is 0.340 e. The van der Waals surface area contributed by atoms with Crippen LogP contribution in [-0.2, 0) is 47.4 Å². The van der Waals surface area contributed by atoms with E-state index in [4.69, 9.17) is 47.4 Å². The van der Waals surface area contributed by atoms with Crippen LogP contribution in [-0.4, -0.2) is 110 Å². The Labute approximate surface area is 254 Å². The van der Waals surface area contributed by atoms with E-state index in [2.05, 4.69) is 9.97 Å². The van der Waals surface area contributed by atoms with Crippen molar-refractivity contribution in [3.63, 3.8) is 0 Å². The number of nitrogens with zero attached hydrogens (tertiary/aromatic N) is 2. The minimum atomic E-state index is -0.829. The van der Waals surface area contributed by atoms with Crippen molar-refractivity contribution in [2.24, 2.45) is 0 Å². The lowest BCUT2D eigenvalue weighted by atomic mass is 10.1. The molecule has 238 valence electrons. The second-order valence-electron chi connectivity index (χ2n) is 11.7. The normalized spacial score (nSPS) is 33.1. The van der Waals surface area contributed by atoms with Crippen LogP contribution in [0.4, 0.5) is 0 Å². The fourth-order valence-electron chi connectivity index (χ4n) is 5.92. The number of carbonyl (C=O) groups excluding carboxylic acids is 2. The van der Waals surface area contributed by atoms with Crippen LogP contribution in [0.5, 0.6) is 0 Å². The second kappa shape index (κ2) is 12.0. The number of ether oxygens (including phenoxy) is 10. The van der Waals surface area contributed by atoms with Crippen molar-refractivity contribution in [3.8, 4) is 11.4 Å². The third-order valence-corrected chi connectivity index (χ3v) is 7.72. The molecule has 0 unspecified atom stereocenters. The quantitative estimate of drug-likeness (QED) is 0.379. The Morgan fingerprint density at radius 3 is 1.45 bits per heavy atom. The molecule has 0 aromatic carbocycles. The maximum absolute atomic E-state index is 13.3. The monoisotopic (exact) mass is 616 g/mol. The molecule has 0 spiro atoms. The molecule has 8 atom stereocenters. The van der Waals surface area contributed by atoms with Gasteiger partial charge in [0.15, 0.2) is 24.2 Å². The van der Waals surface area contributed by atoms with Crippen molar-refractivity contribution >= 4 is 11.9 Å². The van der Waals surface area contributed by atoms with Gasteiger partial charge in [0.25, 0.3) is 0 Å². The van der Waals surface area contributed by atoms with E-state index in [1.54, 1.807) is 52.0 Å². The summed E-state index contributed by atoms with van der Waals surface area (Å²) in [7, 11) is 3.02. The van der Waals surface area contributed by atoms with Gasteiger partial charge in [-0.25, -0.2) is 9.59 Å². The summed E-state index contributed by atoms with van der Waals surface area (Å²) in [5, 5.41) is 0. The molecular formula is C30H36N2O12.